The highest BCUT2D eigenvalue weighted by Gasteiger charge is 2.39. The van der Waals surface area contributed by atoms with E-state index < -0.39 is 0 Å². The highest BCUT2D eigenvalue weighted by atomic mass is 16.2. The SMILES string of the molecule is CC1(C)c2cc3ccccc3cc2N(c2ccccc2)c2ccc3cc(C=C4C(=O)c5cc6ccccc6cc5C4=O)ccc3c21. The third kappa shape index (κ3) is 3.78. The predicted molar refractivity (Wildman–Crippen MR) is 189 cm³/mol. The number of allylic oxidation sites excluding steroid dienone is 1. The van der Waals surface area contributed by atoms with E-state index in [1.165, 1.54) is 27.6 Å². The molecule has 46 heavy (non-hydrogen) atoms. The third-order valence-electron chi connectivity index (χ3n) is 9.86. The molecule has 0 fully saturated rings. The number of benzene rings is 7. The Balaban J connectivity index is 1.21. The lowest BCUT2D eigenvalue weighted by molar-refractivity contribution is 0.0990. The maximum atomic E-state index is 13.5. The lowest BCUT2D eigenvalue weighted by Crippen LogP contribution is -2.31. The van der Waals surface area contributed by atoms with Gasteiger partial charge in [0.1, 0.15) is 0 Å². The van der Waals surface area contributed by atoms with E-state index in [9.17, 15) is 9.59 Å². The fourth-order valence-corrected chi connectivity index (χ4v) is 7.61. The second-order valence-corrected chi connectivity index (χ2v) is 12.9. The number of nitrogens with zero attached hydrogens (tertiary/aromatic N) is 1. The molecule has 0 amide bonds. The number of carbonyl (C=O) groups is 2. The van der Waals surface area contributed by atoms with Crippen molar-refractivity contribution in [2.24, 2.45) is 0 Å². The summed E-state index contributed by atoms with van der Waals surface area (Å²) >= 11 is 0. The van der Waals surface area contributed by atoms with Crippen LogP contribution in [0.3, 0.4) is 0 Å². The summed E-state index contributed by atoms with van der Waals surface area (Å²) in [5, 5.41) is 6.58. The smallest absolute Gasteiger partial charge is 0.197 e. The van der Waals surface area contributed by atoms with Gasteiger partial charge in [0.05, 0.1) is 16.9 Å². The molecule has 1 aliphatic carbocycles. The molecule has 1 heterocycles. The number of fused-ring (bicyclic) bond motifs is 7. The van der Waals surface area contributed by atoms with Gasteiger partial charge < -0.3 is 4.90 Å². The van der Waals surface area contributed by atoms with Crippen LogP contribution in [-0.2, 0) is 5.41 Å². The van der Waals surface area contributed by atoms with Crippen LogP contribution in [0.25, 0.3) is 38.4 Å². The normalized spacial score (nSPS) is 14.9. The number of para-hydroxylation sites is 1. The summed E-state index contributed by atoms with van der Waals surface area (Å²) in [6, 6.07) is 46.0. The van der Waals surface area contributed by atoms with Crippen LogP contribution in [-0.4, -0.2) is 11.6 Å². The van der Waals surface area contributed by atoms with E-state index in [4.69, 9.17) is 0 Å². The van der Waals surface area contributed by atoms with Crippen molar-refractivity contribution in [3.05, 3.63) is 167 Å². The average molecular weight is 592 g/mol. The van der Waals surface area contributed by atoms with Crippen molar-refractivity contribution >= 4 is 67.0 Å². The molecule has 0 spiro atoms. The minimum Gasteiger partial charge on any atom is -0.310 e. The maximum absolute atomic E-state index is 13.5. The summed E-state index contributed by atoms with van der Waals surface area (Å²) in [7, 11) is 0. The van der Waals surface area contributed by atoms with E-state index in [1.54, 1.807) is 6.08 Å². The van der Waals surface area contributed by atoms with Crippen molar-refractivity contribution < 1.29 is 9.59 Å². The Hall–Kier alpha value is -5.80. The van der Waals surface area contributed by atoms with Gasteiger partial charge in [0.2, 0.25) is 0 Å². The Bertz CT molecular complexity index is 2430. The molecule has 7 aromatic carbocycles. The van der Waals surface area contributed by atoms with Gasteiger partial charge in [0.25, 0.3) is 0 Å². The van der Waals surface area contributed by atoms with Gasteiger partial charge in [-0.2, -0.15) is 0 Å². The molecule has 0 saturated heterocycles. The molecule has 0 atom stereocenters. The van der Waals surface area contributed by atoms with Gasteiger partial charge in [-0.05, 0) is 104 Å². The van der Waals surface area contributed by atoms with Crippen LogP contribution in [0.2, 0.25) is 0 Å². The summed E-state index contributed by atoms with van der Waals surface area (Å²) in [5.74, 6) is -0.417. The van der Waals surface area contributed by atoms with Crippen LogP contribution in [0.5, 0.6) is 0 Å². The van der Waals surface area contributed by atoms with E-state index in [0.29, 0.717) is 11.1 Å². The molecule has 0 unspecified atom stereocenters. The van der Waals surface area contributed by atoms with Gasteiger partial charge in [0.15, 0.2) is 11.6 Å². The molecule has 0 saturated carbocycles. The number of ketones is 2. The van der Waals surface area contributed by atoms with Gasteiger partial charge in [-0.1, -0.05) is 98.8 Å². The molecule has 0 aromatic heterocycles. The minimum atomic E-state index is -0.291. The Morgan fingerprint density at radius 1 is 0.543 bits per heavy atom. The molecule has 0 bridgehead atoms. The first-order valence-corrected chi connectivity index (χ1v) is 15.7. The first-order chi connectivity index (χ1) is 22.4. The Morgan fingerprint density at radius 3 is 1.78 bits per heavy atom. The fourth-order valence-electron chi connectivity index (χ4n) is 7.61. The third-order valence-corrected chi connectivity index (χ3v) is 9.86. The fraction of sp³-hybridized carbons (Fsp3) is 0.0698. The molecular formula is C43H29NO2. The monoisotopic (exact) mass is 591 g/mol. The zero-order valence-corrected chi connectivity index (χ0v) is 25.5. The molecule has 9 rings (SSSR count). The van der Waals surface area contributed by atoms with E-state index in [2.05, 4.69) is 110 Å². The number of rotatable bonds is 2. The highest BCUT2D eigenvalue weighted by Crippen LogP contribution is 2.54. The van der Waals surface area contributed by atoms with Gasteiger partial charge in [0, 0.05) is 22.2 Å². The number of Topliss-reactive ketones (excluding diaryl/α,β-unsaturated/α-hetero) is 2. The van der Waals surface area contributed by atoms with Crippen LogP contribution in [0.15, 0.2) is 139 Å². The molecule has 2 aliphatic rings. The van der Waals surface area contributed by atoms with Gasteiger partial charge >= 0.3 is 0 Å². The molecule has 3 nitrogen and oxygen atoms in total. The minimum absolute atomic E-state index is 0.209. The van der Waals surface area contributed by atoms with Crippen molar-refractivity contribution in [1.29, 1.82) is 0 Å². The Morgan fingerprint density at radius 2 is 1.13 bits per heavy atom. The molecule has 218 valence electrons. The number of carbonyl (C=O) groups excluding carboxylic acids is 2. The molecule has 0 radical (unpaired) electrons. The van der Waals surface area contributed by atoms with Crippen molar-refractivity contribution in [3.8, 4) is 0 Å². The van der Waals surface area contributed by atoms with Crippen molar-refractivity contribution in [2.75, 3.05) is 4.90 Å². The van der Waals surface area contributed by atoms with Gasteiger partial charge in [-0.25, -0.2) is 0 Å². The Labute approximate surface area is 267 Å². The summed E-state index contributed by atoms with van der Waals surface area (Å²) in [5.41, 5.74) is 7.71. The summed E-state index contributed by atoms with van der Waals surface area (Å²) in [6.07, 6.45) is 1.76. The van der Waals surface area contributed by atoms with Crippen LogP contribution < -0.4 is 4.90 Å². The second-order valence-electron chi connectivity index (χ2n) is 12.9. The summed E-state index contributed by atoms with van der Waals surface area (Å²) in [4.78, 5) is 29.3. The van der Waals surface area contributed by atoms with Crippen molar-refractivity contribution in [2.45, 2.75) is 19.3 Å². The van der Waals surface area contributed by atoms with Crippen LogP contribution in [0.1, 0.15) is 51.3 Å². The zero-order chi connectivity index (χ0) is 31.2. The maximum Gasteiger partial charge on any atom is 0.197 e. The van der Waals surface area contributed by atoms with E-state index in [0.717, 1.165) is 38.5 Å². The largest absolute Gasteiger partial charge is 0.310 e. The predicted octanol–water partition coefficient (Wildman–Crippen LogP) is 10.7. The van der Waals surface area contributed by atoms with Crippen LogP contribution >= 0.6 is 0 Å². The molecule has 1 aliphatic heterocycles. The lowest BCUT2D eigenvalue weighted by Gasteiger charge is -2.43. The first-order valence-electron chi connectivity index (χ1n) is 15.7. The van der Waals surface area contributed by atoms with Crippen molar-refractivity contribution in [3.63, 3.8) is 0 Å². The van der Waals surface area contributed by atoms with Crippen LogP contribution in [0, 0.1) is 0 Å². The molecule has 0 N–H and O–H groups in total. The molecule has 3 heteroatoms. The zero-order valence-electron chi connectivity index (χ0n) is 25.5. The average Bonchev–Trinajstić information content (AvgIpc) is 3.30. The molecule has 7 aromatic rings. The quantitative estimate of drug-likeness (QED) is 0.148. The molecular weight excluding hydrogens is 562 g/mol. The highest BCUT2D eigenvalue weighted by molar-refractivity contribution is 6.42. The van der Waals surface area contributed by atoms with Crippen LogP contribution in [0.4, 0.5) is 17.1 Å². The van der Waals surface area contributed by atoms with E-state index >= 15 is 0 Å². The van der Waals surface area contributed by atoms with E-state index in [-0.39, 0.29) is 22.6 Å². The standard InChI is InChI=1S/C43H29NO2/c1-43(2)37-24-29-12-8-9-13-30(29)25-39(37)44(32-14-4-3-5-15-32)38-19-17-31-20-26(16-18-33(31)40(38)43)21-36-41(45)34-22-27-10-6-7-11-28(27)23-35(34)42(36)46/h3-25H,1-2H3. The Kier molecular flexibility index (Phi) is 5.55. The van der Waals surface area contributed by atoms with E-state index in [1.807, 2.05) is 42.5 Å². The van der Waals surface area contributed by atoms with Crippen molar-refractivity contribution in [1.82, 2.24) is 0 Å². The first kappa shape index (κ1) is 26.6. The van der Waals surface area contributed by atoms with Gasteiger partial charge in [-0.3, -0.25) is 9.59 Å². The number of anilines is 3. The number of hydrogen-bond acceptors (Lipinski definition) is 3. The number of hydrogen-bond donors (Lipinski definition) is 0. The van der Waals surface area contributed by atoms with Gasteiger partial charge in [-0.15, -0.1) is 0 Å². The second kappa shape index (κ2) is 9.60. The summed E-state index contributed by atoms with van der Waals surface area (Å²) < 4.78 is 0. The summed E-state index contributed by atoms with van der Waals surface area (Å²) in [6.45, 7) is 4.63. The lowest BCUT2D eigenvalue weighted by atomic mass is 9.71. The topological polar surface area (TPSA) is 37.4 Å².